The minimum Gasteiger partial charge on any atom is -0.412 e. The second kappa shape index (κ2) is 363. The molecule has 0 saturated heterocycles. The van der Waals surface area contributed by atoms with Gasteiger partial charge in [0.1, 0.15) is 0 Å². The van der Waals surface area contributed by atoms with Crippen LogP contribution >= 0.6 is 0 Å². The summed E-state index contributed by atoms with van der Waals surface area (Å²) in [5.41, 5.74) is 0. The monoisotopic (exact) mass is 94.1 g/mol. The maximum Gasteiger partial charge on any atom is 0.0587 e. The molecule has 0 fully saturated rings. The largest absolute Gasteiger partial charge is 0.412 e. The summed E-state index contributed by atoms with van der Waals surface area (Å²) in [6.07, 6.45) is 0. The van der Waals surface area contributed by atoms with E-state index in [1.165, 1.54) is 6.92 Å². The number of hydrogen-bond donors (Lipinski definition) is 1. The van der Waals surface area contributed by atoms with Gasteiger partial charge in [0, 0.05) is 6.92 Å². The van der Waals surface area contributed by atoms with Gasteiger partial charge >= 0.3 is 0 Å². The third-order valence-electron chi connectivity index (χ3n) is 0. The molecule has 0 unspecified atom stereocenters. The summed E-state index contributed by atoms with van der Waals surface area (Å²) in [5.74, 6) is 0. The van der Waals surface area contributed by atoms with Crippen LogP contribution in [0.25, 0.3) is 0 Å². The highest BCUT2D eigenvalue weighted by Gasteiger charge is 1.17. The van der Waals surface area contributed by atoms with Crippen LogP contribution in [0.1, 0.15) is 6.92 Å². The van der Waals surface area contributed by atoms with Crippen LogP contribution in [0, 0.1) is 11.3 Å². The molecule has 0 aromatic heterocycles. The molecule has 0 aliphatic carbocycles. The Morgan fingerprint density at radius 3 is 1.33 bits per heavy atom. The second-order valence-corrected chi connectivity index (χ2v) is 0.224. The van der Waals surface area contributed by atoms with Crippen LogP contribution < -0.4 is 6.15 Å². The minimum absolute atomic E-state index is 0. The Morgan fingerprint density at radius 2 is 1.33 bits per heavy atom. The first-order valence-electron chi connectivity index (χ1n) is 0.724. The van der Waals surface area contributed by atoms with Crippen molar-refractivity contribution in [2.24, 2.45) is 0 Å². The Labute approximate surface area is 36.6 Å². The van der Waals surface area contributed by atoms with Crippen molar-refractivity contribution >= 4 is 0 Å². The second-order valence-electron chi connectivity index (χ2n) is 0.224. The van der Waals surface area contributed by atoms with E-state index >= 15 is 0 Å². The van der Waals surface area contributed by atoms with Crippen molar-refractivity contribution in [1.82, 2.24) is 6.15 Å². The molecule has 0 aliphatic heterocycles. The molecule has 4 nitrogen and oxygen atoms in total. The molecule has 7 N–H and O–H groups in total. The zero-order chi connectivity index (χ0) is 2.71. The number of rotatable bonds is 0. The van der Waals surface area contributed by atoms with Crippen molar-refractivity contribution in [2.75, 3.05) is 0 Å². The number of nitriles is 1. The molecule has 0 aromatic rings. The summed E-state index contributed by atoms with van der Waals surface area (Å²) >= 11 is 0. The third kappa shape index (κ3) is 47.7. The van der Waals surface area contributed by atoms with Crippen LogP contribution in [0.4, 0.5) is 0 Å². The lowest BCUT2D eigenvalue weighted by Gasteiger charge is -1.15. The van der Waals surface area contributed by atoms with Crippen LogP contribution in [-0.2, 0) is 0 Å². The molecule has 0 heterocycles. The SMILES string of the molecule is CC#N.N.O.O. The molecule has 0 amide bonds. The molecule has 0 saturated carbocycles. The Balaban J connectivity index is -0.00000000667. The third-order valence-corrected chi connectivity index (χ3v) is 0. The van der Waals surface area contributed by atoms with Gasteiger partial charge in [0.25, 0.3) is 0 Å². The lowest BCUT2D eigenvalue weighted by molar-refractivity contribution is 0.823. The average Bonchev–Trinajstić information content (AvgIpc) is 0.918. The van der Waals surface area contributed by atoms with Gasteiger partial charge in [0.15, 0.2) is 0 Å². The van der Waals surface area contributed by atoms with Gasteiger partial charge in [-0.2, -0.15) is 5.26 Å². The molecule has 0 bridgehead atoms. The maximum absolute atomic E-state index is 7.32. The van der Waals surface area contributed by atoms with Crippen molar-refractivity contribution < 1.29 is 11.0 Å². The molecular weight excluding hydrogens is 84.0 g/mol. The van der Waals surface area contributed by atoms with E-state index in [4.69, 9.17) is 5.26 Å². The van der Waals surface area contributed by atoms with Gasteiger partial charge in [-0.25, -0.2) is 0 Å². The molecule has 6 heavy (non-hydrogen) atoms. The van der Waals surface area contributed by atoms with Crippen molar-refractivity contribution in [1.29, 1.82) is 5.26 Å². The zero-order valence-corrected chi connectivity index (χ0v) is 3.65. The van der Waals surface area contributed by atoms with Gasteiger partial charge in [-0.3, -0.25) is 0 Å². The molecule has 0 radical (unpaired) electrons. The quantitative estimate of drug-likeness (QED) is 0.415. The zero-order valence-electron chi connectivity index (χ0n) is 3.65. The highest BCUT2D eigenvalue weighted by atomic mass is 16.0. The summed E-state index contributed by atoms with van der Waals surface area (Å²) in [5, 5.41) is 7.32. The predicted molar refractivity (Wildman–Crippen MR) is 23.5 cm³/mol. The Hall–Kier alpha value is -0.630. The number of nitrogens with zero attached hydrogens (tertiary/aromatic N) is 1. The molecular formula is C2H10N2O2. The Bertz CT molecular complexity index is 31.0. The van der Waals surface area contributed by atoms with Crippen LogP contribution in [0.15, 0.2) is 0 Å². The van der Waals surface area contributed by atoms with E-state index in [9.17, 15) is 0 Å². The number of hydrogen-bond acceptors (Lipinski definition) is 2. The first kappa shape index (κ1) is 54.6. The normalized spacial score (nSPS) is 1.33. The smallest absolute Gasteiger partial charge is 0.0587 e. The summed E-state index contributed by atoms with van der Waals surface area (Å²) in [6, 6.07) is 1.75. The highest BCUT2D eigenvalue weighted by molar-refractivity contribution is 4.51. The lowest BCUT2D eigenvalue weighted by atomic mass is 11.0. The van der Waals surface area contributed by atoms with Gasteiger partial charge in [0.05, 0.1) is 6.07 Å². The topological polar surface area (TPSA) is 122 Å². The maximum atomic E-state index is 7.32. The fraction of sp³-hybridized carbons (Fsp3) is 0.500. The first-order valence-corrected chi connectivity index (χ1v) is 0.724. The van der Waals surface area contributed by atoms with E-state index in [1.807, 2.05) is 0 Å². The van der Waals surface area contributed by atoms with E-state index in [0.29, 0.717) is 0 Å². The predicted octanol–water partition coefficient (Wildman–Crippen LogP) is -0.958. The van der Waals surface area contributed by atoms with Gasteiger partial charge in [-0.15, -0.1) is 0 Å². The molecule has 0 atom stereocenters. The summed E-state index contributed by atoms with van der Waals surface area (Å²) < 4.78 is 0. The average molecular weight is 94.1 g/mol. The first-order chi connectivity index (χ1) is 1.41. The molecule has 0 aromatic carbocycles. The van der Waals surface area contributed by atoms with E-state index in [0.717, 1.165) is 0 Å². The molecule has 40 valence electrons. The lowest BCUT2D eigenvalue weighted by Crippen LogP contribution is -1.10. The van der Waals surface area contributed by atoms with Crippen molar-refractivity contribution in [3.8, 4) is 6.07 Å². The Kier molecular flexibility index (Phi) is 3300. The molecule has 0 rings (SSSR count). The summed E-state index contributed by atoms with van der Waals surface area (Å²) in [4.78, 5) is 0. The molecule has 0 aliphatic rings. The van der Waals surface area contributed by atoms with E-state index in [2.05, 4.69) is 0 Å². The van der Waals surface area contributed by atoms with Crippen LogP contribution in [0.5, 0.6) is 0 Å². The van der Waals surface area contributed by atoms with Crippen molar-refractivity contribution in [2.45, 2.75) is 6.92 Å². The summed E-state index contributed by atoms with van der Waals surface area (Å²) in [7, 11) is 0. The van der Waals surface area contributed by atoms with Crippen molar-refractivity contribution in [3.05, 3.63) is 0 Å². The Morgan fingerprint density at radius 1 is 1.33 bits per heavy atom. The van der Waals surface area contributed by atoms with E-state index in [1.54, 1.807) is 6.07 Å². The summed E-state index contributed by atoms with van der Waals surface area (Å²) in [6.45, 7) is 1.43. The van der Waals surface area contributed by atoms with Crippen LogP contribution in [-0.4, -0.2) is 11.0 Å². The fourth-order valence-electron chi connectivity index (χ4n) is 0. The van der Waals surface area contributed by atoms with Crippen LogP contribution in [0.3, 0.4) is 0 Å². The van der Waals surface area contributed by atoms with Crippen LogP contribution in [0.2, 0.25) is 0 Å². The molecule has 4 heteroatoms. The van der Waals surface area contributed by atoms with Gasteiger partial charge in [-0.1, -0.05) is 0 Å². The van der Waals surface area contributed by atoms with E-state index < -0.39 is 0 Å². The highest BCUT2D eigenvalue weighted by Crippen LogP contribution is 1.21. The van der Waals surface area contributed by atoms with E-state index in [-0.39, 0.29) is 17.1 Å². The fourth-order valence-corrected chi connectivity index (χ4v) is 0. The van der Waals surface area contributed by atoms with Gasteiger partial charge in [-0.05, 0) is 0 Å². The standard InChI is InChI=1S/C2H3N.H3N.2H2O/c1-2-3;;;/h1H3;1H3;2*1H2. The minimum atomic E-state index is 0. The van der Waals surface area contributed by atoms with Crippen molar-refractivity contribution in [3.63, 3.8) is 0 Å². The van der Waals surface area contributed by atoms with Gasteiger partial charge < -0.3 is 17.1 Å². The molecule has 0 spiro atoms. The van der Waals surface area contributed by atoms with Gasteiger partial charge in [0.2, 0.25) is 0 Å².